The van der Waals surface area contributed by atoms with Crippen LogP contribution < -0.4 is 5.73 Å². The van der Waals surface area contributed by atoms with E-state index in [0.29, 0.717) is 0 Å². The molecule has 0 bridgehead atoms. The summed E-state index contributed by atoms with van der Waals surface area (Å²) in [4.78, 5) is 0. The first-order chi connectivity index (χ1) is 9.22. The highest BCUT2D eigenvalue weighted by Crippen LogP contribution is 2.20. The van der Waals surface area contributed by atoms with E-state index in [4.69, 9.17) is 5.73 Å². The molecule has 0 fully saturated rings. The van der Waals surface area contributed by atoms with Gasteiger partial charge in [0.15, 0.2) is 0 Å². The summed E-state index contributed by atoms with van der Waals surface area (Å²) in [5.41, 5.74) is 9.83. The molecule has 2 nitrogen and oxygen atoms in total. The number of hydrogen-bond donors (Lipinski definition) is 1. The molecule has 0 amide bonds. The fourth-order valence-corrected chi connectivity index (χ4v) is 3.13. The van der Waals surface area contributed by atoms with Gasteiger partial charge in [0, 0.05) is 24.3 Å². The Kier molecular flexibility index (Phi) is 3.40. The number of benzene rings is 1. The van der Waals surface area contributed by atoms with Crippen molar-refractivity contribution in [3.8, 4) is 0 Å². The quantitative estimate of drug-likeness (QED) is 0.771. The van der Waals surface area contributed by atoms with Gasteiger partial charge in [-0.3, -0.25) is 0 Å². The normalized spacial score (nSPS) is 12.9. The average molecular weight is 270 g/mol. The van der Waals surface area contributed by atoms with Crippen LogP contribution in [0.15, 0.2) is 47.3 Å². The SMILES string of the molecule is CC(N)Cc1ccc2c(ccn2Cc2ccsc2)c1. The van der Waals surface area contributed by atoms with Crippen molar-refractivity contribution in [1.29, 1.82) is 0 Å². The minimum atomic E-state index is 0.213. The third kappa shape index (κ3) is 2.72. The Hall–Kier alpha value is -1.58. The Labute approximate surface area is 117 Å². The van der Waals surface area contributed by atoms with Gasteiger partial charge in [-0.05, 0) is 64.9 Å². The third-order valence-electron chi connectivity index (χ3n) is 3.33. The molecular weight excluding hydrogens is 252 g/mol. The summed E-state index contributed by atoms with van der Waals surface area (Å²) in [5, 5.41) is 5.63. The van der Waals surface area contributed by atoms with E-state index >= 15 is 0 Å². The van der Waals surface area contributed by atoms with Crippen LogP contribution in [0.3, 0.4) is 0 Å². The van der Waals surface area contributed by atoms with Crippen LogP contribution in [0.5, 0.6) is 0 Å². The zero-order valence-corrected chi connectivity index (χ0v) is 11.9. The lowest BCUT2D eigenvalue weighted by atomic mass is 10.1. The average Bonchev–Trinajstić information content (AvgIpc) is 2.99. The summed E-state index contributed by atoms with van der Waals surface area (Å²) in [6.45, 7) is 2.99. The van der Waals surface area contributed by atoms with Gasteiger partial charge in [0.05, 0.1) is 0 Å². The second kappa shape index (κ2) is 5.19. The van der Waals surface area contributed by atoms with Crippen molar-refractivity contribution in [3.63, 3.8) is 0 Å². The van der Waals surface area contributed by atoms with E-state index in [0.717, 1.165) is 13.0 Å². The number of nitrogens with two attached hydrogens (primary N) is 1. The molecule has 2 N–H and O–H groups in total. The zero-order chi connectivity index (χ0) is 13.2. The minimum Gasteiger partial charge on any atom is -0.343 e. The van der Waals surface area contributed by atoms with Gasteiger partial charge in [-0.25, -0.2) is 0 Å². The van der Waals surface area contributed by atoms with Crippen LogP contribution in [0.25, 0.3) is 10.9 Å². The van der Waals surface area contributed by atoms with Gasteiger partial charge < -0.3 is 10.3 Å². The third-order valence-corrected chi connectivity index (χ3v) is 4.06. The fourth-order valence-electron chi connectivity index (χ4n) is 2.47. The first-order valence-electron chi connectivity index (χ1n) is 6.57. The van der Waals surface area contributed by atoms with Gasteiger partial charge in [-0.1, -0.05) is 6.07 Å². The lowest BCUT2D eigenvalue weighted by Crippen LogP contribution is -2.17. The van der Waals surface area contributed by atoms with E-state index in [-0.39, 0.29) is 6.04 Å². The van der Waals surface area contributed by atoms with Gasteiger partial charge in [-0.2, -0.15) is 11.3 Å². The molecule has 2 heterocycles. The molecule has 1 aromatic carbocycles. The molecule has 0 spiro atoms. The topological polar surface area (TPSA) is 30.9 Å². The highest BCUT2D eigenvalue weighted by atomic mass is 32.1. The summed E-state index contributed by atoms with van der Waals surface area (Å²) >= 11 is 1.75. The Morgan fingerprint density at radius 2 is 2.11 bits per heavy atom. The van der Waals surface area contributed by atoms with Crippen molar-refractivity contribution in [1.82, 2.24) is 4.57 Å². The van der Waals surface area contributed by atoms with Crippen LogP contribution in [-0.2, 0) is 13.0 Å². The van der Waals surface area contributed by atoms with Gasteiger partial charge in [0.2, 0.25) is 0 Å². The maximum atomic E-state index is 5.86. The lowest BCUT2D eigenvalue weighted by Gasteiger charge is -2.07. The van der Waals surface area contributed by atoms with Crippen molar-refractivity contribution >= 4 is 22.2 Å². The first kappa shape index (κ1) is 12.5. The van der Waals surface area contributed by atoms with Gasteiger partial charge in [0.1, 0.15) is 0 Å². The van der Waals surface area contributed by atoms with E-state index < -0.39 is 0 Å². The summed E-state index contributed by atoms with van der Waals surface area (Å²) in [6, 6.07) is 11.2. The molecule has 0 radical (unpaired) electrons. The van der Waals surface area contributed by atoms with Crippen LogP contribution in [0.1, 0.15) is 18.1 Å². The molecule has 3 rings (SSSR count). The predicted octanol–water partition coefficient (Wildman–Crippen LogP) is 3.64. The minimum absolute atomic E-state index is 0.213. The van der Waals surface area contributed by atoms with E-state index in [2.05, 4.69) is 51.9 Å². The van der Waals surface area contributed by atoms with Gasteiger partial charge in [0.25, 0.3) is 0 Å². The van der Waals surface area contributed by atoms with Crippen molar-refractivity contribution in [2.45, 2.75) is 25.9 Å². The molecule has 1 unspecified atom stereocenters. The Morgan fingerprint density at radius 1 is 1.21 bits per heavy atom. The maximum absolute atomic E-state index is 5.86. The monoisotopic (exact) mass is 270 g/mol. The highest BCUT2D eigenvalue weighted by Gasteiger charge is 2.04. The number of hydrogen-bond acceptors (Lipinski definition) is 2. The zero-order valence-electron chi connectivity index (χ0n) is 11.0. The van der Waals surface area contributed by atoms with Crippen LogP contribution >= 0.6 is 11.3 Å². The van der Waals surface area contributed by atoms with E-state index in [1.807, 2.05) is 6.92 Å². The number of thiophene rings is 1. The molecule has 19 heavy (non-hydrogen) atoms. The van der Waals surface area contributed by atoms with E-state index in [9.17, 15) is 0 Å². The van der Waals surface area contributed by atoms with Gasteiger partial charge in [-0.15, -0.1) is 0 Å². The van der Waals surface area contributed by atoms with Crippen molar-refractivity contribution in [3.05, 3.63) is 58.4 Å². The molecule has 3 aromatic rings. The number of aromatic nitrogens is 1. The number of nitrogens with zero attached hydrogens (tertiary/aromatic N) is 1. The number of fused-ring (bicyclic) bond motifs is 1. The molecule has 2 aromatic heterocycles. The standard InChI is InChI=1S/C16H18N2S/c1-12(17)8-13-2-3-16-15(9-13)4-6-18(16)10-14-5-7-19-11-14/h2-7,9,11-12H,8,10,17H2,1H3. The van der Waals surface area contributed by atoms with Crippen LogP contribution in [-0.4, -0.2) is 10.6 Å². The smallest absolute Gasteiger partial charge is 0.0484 e. The Balaban J connectivity index is 1.91. The second-order valence-corrected chi connectivity index (χ2v) is 5.93. The molecule has 1 atom stereocenters. The summed E-state index contributed by atoms with van der Waals surface area (Å²) in [5.74, 6) is 0. The highest BCUT2D eigenvalue weighted by molar-refractivity contribution is 7.07. The van der Waals surface area contributed by atoms with Crippen molar-refractivity contribution < 1.29 is 0 Å². The molecule has 0 saturated carbocycles. The molecule has 98 valence electrons. The summed E-state index contributed by atoms with van der Waals surface area (Å²) in [7, 11) is 0. The largest absolute Gasteiger partial charge is 0.343 e. The molecule has 3 heteroatoms. The van der Waals surface area contributed by atoms with Crippen LogP contribution in [0, 0.1) is 0 Å². The fraction of sp³-hybridized carbons (Fsp3) is 0.250. The first-order valence-corrected chi connectivity index (χ1v) is 7.51. The van der Waals surface area contributed by atoms with Crippen molar-refractivity contribution in [2.24, 2.45) is 5.73 Å². The molecule has 0 aliphatic rings. The summed E-state index contributed by atoms with van der Waals surface area (Å²) < 4.78 is 2.30. The second-order valence-electron chi connectivity index (χ2n) is 5.15. The van der Waals surface area contributed by atoms with Crippen molar-refractivity contribution in [2.75, 3.05) is 0 Å². The van der Waals surface area contributed by atoms with Crippen LogP contribution in [0.2, 0.25) is 0 Å². The molecule has 0 aliphatic carbocycles. The lowest BCUT2D eigenvalue weighted by molar-refractivity contribution is 0.738. The van der Waals surface area contributed by atoms with Gasteiger partial charge >= 0.3 is 0 Å². The summed E-state index contributed by atoms with van der Waals surface area (Å²) in [6.07, 6.45) is 3.10. The molecule has 0 aliphatic heterocycles. The maximum Gasteiger partial charge on any atom is 0.0484 e. The predicted molar refractivity (Wildman–Crippen MR) is 82.7 cm³/mol. The Morgan fingerprint density at radius 3 is 2.84 bits per heavy atom. The Bertz CT molecular complexity index is 665. The molecular formula is C16H18N2S. The number of rotatable bonds is 4. The van der Waals surface area contributed by atoms with E-state index in [1.54, 1.807) is 11.3 Å². The van der Waals surface area contributed by atoms with Crippen LogP contribution in [0.4, 0.5) is 0 Å². The molecule has 0 saturated heterocycles. The van der Waals surface area contributed by atoms with E-state index in [1.165, 1.54) is 22.0 Å².